The number of carboxylic acid groups (broad SMARTS) is 2. The summed E-state index contributed by atoms with van der Waals surface area (Å²) in [6.07, 6.45) is 11.5. The number of carboxylic acids is 2. The van der Waals surface area contributed by atoms with Crippen molar-refractivity contribution in [2.45, 2.75) is 13.8 Å². The molecule has 0 aromatic heterocycles. The summed E-state index contributed by atoms with van der Waals surface area (Å²) in [5.74, 6) is -2.33. The molecule has 0 saturated carbocycles. The third-order valence-electron chi connectivity index (χ3n) is 1.07. The quantitative estimate of drug-likeness (QED) is 0.405. The van der Waals surface area contributed by atoms with Crippen molar-refractivity contribution in [1.82, 2.24) is 0 Å². The molecule has 0 amide bonds. The van der Waals surface area contributed by atoms with Gasteiger partial charge in [-0.15, -0.1) is 0 Å². The number of hydrogen-bond acceptors (Lipinski definition) is 4. The van der Waals surface area contributed by atoms with Crippen molar-refractivity contribution in [3.63, 3.8) is 0 Å². The number of allylic oxidation sites excluding steroid dienone is 6. The Morgan fingerprint density at radius 1 is 0.765 bits per heavy atom. The van der Waals surface area contributed by atoms with Crippen LogP contribution in [0.1, 0.15) is 13.8 Å². The van der Waals surface area contributed by atoms with Crippen molar-refractivity contribution in [2.75, 3.05) is 0 Å². The van der Waals surface area contributed by atoms with Gasteiger partial charge in [-0.25, -0.2) is 0 Å². The van der Waals surface area contributed by atoms with Crippen molar-refractivity contribution >= 4 is 11.9 Å². The predicted octanol–water partition coefficient (Wildman–Crippen LogP) is -0.265. The summed E-state index contributed by atoms with van der Waals surface area (Å²) >= 11 is 0. The van der Waals surface area contributed by atoms with Gasteiger partial charge >= 0.3 is 17.1 Å². The topological polar surface area (TPSA) is 80.3 Å². The van der Waals surface area contributed by atoms with E-state index in [2.05, 4.69) is 0 Å². The summed E-state index contributed by atoms with van der Waals surface area (Å²) in [6.45, 7) is 3.61. The van der Waals surface area contributed by atoms with Gasteiger partial charge in [-0.1, -0.05) is 36.5 Å². The smallest absolute Gasteiger partial charge is 0.545 e. The Bertz CT molecular complexity index is 282. The van der Waals surface area contributed by atoms with Gasteiger partial charge in [0, 0.05) is 0 Å². The van der Waals surface area contributed by atoms with E-state index >= 15 is 0 Å². The van der Waals surface area contributed by atoms with E-state index in [9.17, 15) is 19.8 Å². The van der Waals surface area contributed by atoms with Crippen molar-refractivity contribution in [3.05, 3.63) is 48.6 Å². The minimum absolute atomic E-state index is 0. The molecular formula is C12H14CuO4. The fourth-order valence-corrected chi connectivity index (χ4v) is 0.490. The maximum absolute atomic E-state index is 9.64. The van der Waals surface area contributed by atoms with Crippen molar-refractivity contribution in [2.24, 2.45) is 0 Å². The van der Waals surface area contributed by atoms with E-state index in [0.29, 0.717) is 0 Å². The first-order valence-corrected chi connectivity index (χ1v) is 4.55. The summed E-state index contributed by atoms with van der Waals surface area (Å²) in [6, 6.07) is 0. The normalized spacial score (nSPS) is 10.5. The minimum atomic E-state index is -1.16. The van der Waals surface area contributed by atoms with Crippen LogP contribution in [-0.4, -0.2) is 11.9 Å². The molecule has 97 valence electrons. The first kappa shape index (κ1) is 20.8. The number of carbonyl (C=O) groups excluding carboxylic acids is 2. The summed E-state index contributed by atoms with van der Waals surface area (Å²) in [5.41, 5.74) is 0. The maximum atomic E-state index is 9.64. The van der Waals surface area contributed by atoms with E-state index in [-0.39, 0.29) is 17.1 Å². The Kier molecular flexibility index (Phi) is 20.6. The first-order valence-electron chi connectivity index (χ1n) is 4.55. The van der Waals surface area contributed by atoms with Crippen molar-refractivity contribution in [1.29, 1.82) is 0 Å². The molecule has 0 fully saturated rings. The van der Waals surface area contributed by atoms with Crippen LogP contribution in [0.15, 0.2) is 48.6 Å². The zero-order valence-corrected chi connectivity index (χ0v) is 10.5. The molecule has 0 heterocycles. The fourth-order valence-electron chi connectivity index (χ4n) is 0.490. The molecule has 0 aliphatic carbocycles. The van der Waals surface area contributed by atoms with E-state index in [1.807, 2.05) is 0 Å². The monoisotopic (exact) mass is 285 g/mol. The van der Waals surface area contributed by atoms with Gasteiger partial charge in [-0.3, -0.25) is 0 Å². The predicted molar refractivity (Wildman–Crippen MR) is 57.9 cm³/mol. The number of rotatable bonds is 4. The zero-order chi connectivity index (χ0) is 12.8. The van der Waals surface area contributed by atoms with Gasteiger partial charge in [0.25, 0.3) is 0 Å². The average molecular weight is 286 g/mol. The molecule has 0 aliphatic rings. The number of hydrogen-bond donors (Lipinski definition) is 0. The Morgan fingerprint density at radius 2 is 1.06 bits per heavy atom. The van der Waals surface area contributed by atoms with E-state index in [4.69, 9.17) is 0 Å². The Labute approximate surface area is 112 Å². The Balaban J connectivity index is -0.000000218. The van der Waals surface area contributed by atoms with Gasteiger partial charge in [-0.05, 0) is 26.0 Å². The number of aliphatic carboxylic acids is 2. The minimum Gasteiger partial charge on any atom is -0.545 e. The molecule has 17 heavy (non-hydrogen) atoms. The second-order valence-corrected chi connectivity index (χ2v) is 2.41. The molecule has 0 saturated heterocycles. The Morgan fingerprint density at radius 3 is 1.24 bits per heavy atom. The second-order valence-electron chi connectivity index (χ2n) is 2.41. The third kappa shape index (κ3) is 31.4. The molecular weight excluding hydrogens is 272 g/mol. The van der Waals surface area contributed by atoms with Crippen molar-refractivity contribution in [3.8, 4) is 0 Å². The molecule has 0 aliphatic heterocycles. The molecule has 1 radical (unpaired) electrons. The maximum Gasteiger partial charge on any atom is 2.00 e. The van der Waals surface area contributed by atoms with Gasteiger partial charge in [0.15, 0.2) is 0 Å². The van der Waals surface area contributed by atoms with Crippen LogP contribution in [0.5, 0.6) is 0 Å². The Hall–Kier alpha value is -1.58. The molecule has 0 spiro atoms. The molecule has 0 aromatic rings. The summed E-state index contributed by atoms with van der Waals surface area (Å²) in [5, 5.41) is 19.3. The van der Waals surface area contributed by atoms with Crippen LogP contribution in [0.25, 0.3) is 0 Å². The summed E-state index contributed by atoms with van der Waals surface area (Å²) in [7, 11) is 0. The molecule has 0 bridgehead atoms. The van der Waals surface area contributed by atoms with Crippen LogP contribution in [0.4, 0.5) is 0 Å². The second kappa shape index (κ2) is 16.8. The molecule has 0 rings (SSSR count). The largest absolute Gasteiger partial charge is 2.00 e. The molecule has 0 aromatic carbocycles. The van der Waals surface area contributed by atoms with Crippen LogP contribution >= 0.6 is 0 Å². The molecule has 0 atom stereocenters. The van der Waals surface area contributed by atoms with Crippen LogP contribution < -0.4 is 10.2 Å². The van der Waals surface area contributed by atoms with Gasteiger partial charge in [0.1, 0.15) is 0 Å². The fraction of sp³-hybridized carbons (Fsp3) is 0.167. The average Bonchev–Trinajstić information content (AvgIpc) is 2.18. The summed E-state index contributed by atoms with van der Waals surface area (Å²) < 4.78 is 0. The van der Waals surface area contributed by atoms with Crippen LogP contribution in [-0.2, 0) is 26.7 Å². The van der Waals surface area contributed by atoms with E-state index in [1.165, 1.54) is 12.2 Å². The van der Waals surface area contributed by atoms with Gasteiger partial charge < -0.3 is 19.8 Å². The molecule has 4 nitrogen and oxygen atoms in total. The third-order valence-corrected chi connectivity index (χ3v) is 1.07. The summed E-state index contributed by atoms with van der Waals surface area (Å²) in [4.78, 5) is 19.3. The van der Waals surface area contributed by atoms with Crippen LogP contribution in [0.2, 0.25) is 0 Å². The SMILES string of the molecule is CC=CC=CC(=O)[O-].CC=CC=CC(=O)[O-].[Cu+2]. The van der Waals surface area contributed by atoms with Crippen molar-refractivity contribution < 1.29 is 36.9 Å². The van der Waals surface area contributed by atoms with Gasteiger partial charge in [-0.2, -0.15) is 0 Å². The van der Waals surface area contributed by atoms with E-state index in [1.54, 1.807) is 38.2 Å². The standard InChI is InChI=1S/2C6H8O2.Cu/c2*1-2-3-4-5-6(7)8;/h2*2-5H,1H3,(H,7,8);/q;;+2/p-2. The molecule has 5 heteroatoms. The van der Waals surface area contributed by atoms with Gasteiger partial charge in [0.2, 0.25) is 0 Å². The van der Waals surface area contributed by atoms with E-state index in [0.717, 1.165) is 12.2 Å². The first-order chi connectivity index (χ1) is 7.54. The van der Waals surface area contributed by atoms with Crippen LogP contribution in [0, 0.1) is 0 Å². The van der Waals surface area contributed by atoms with Gasteiger partial charge in [0.05, 0.1) is 11.9 Å². The molecule has 0 unspecified atom stereocenters. The number of carbonyl (C=O) groups is 2. The van der Waals surface area contributed by atoms with Crippen LogP contribution in [0.3, 0.4) is 0 Å². The van der Waals surface area contributed by atoms with E-state index < -0.39 is 11.9 Å². The zero-order valence-electron chi connectivity index (χ0n) is 9.55. The molecule has 0 N–H and O–H groups in total.